The molecule has 1 aromatic rings. The lowest BCUT2D eigenvalue weighted by Crippen LogP contribution is -2.29. The number of aliphatic hydroxyl groups is 2. The Morgan fingerprint density at radius 3 is 1.38 bits per heavy atom. The zero-order valence-electron chi connectivity index (χ0n) is 14.3. The molecule has 120 valence electrons. The van der Waals surface area contributed by atoms with Crippen molar-refractivity contribution in [3.63, 3.8) is 0 Å². The Kier molecular flexibility index (Phi) is 5.35. The van der Waals surface area contributed by atoms with E-state index in [1.54, 1.807) is 0 Å². The zero-order valence-corrected chi connectivity index (χ0v) is 15.9. The van der Waals surface area contributed by atoms with Gasteiger partial charge in [0.1, 0.15) is 0 Å². The van der Waals surface area contributed by atoms with Crippen LogP contribution in [-0.4, -0.2) is 23.4 Å². The first-order valence-electron chi connectivity index (χ1n) is 7.43. The quantitative estimate of drug-likeness (QED) is 0.844. The number of benzene rings is 1. The number of halogens is 1. The van der Waals surface area contributed by atoms with Crippen LogP contribution in [0.2, 0.25) is 0 Å². The molecule has 0 atom stereocenters. The summed E-state index contributed by atoms with van der Waals surface area (Å²) in [5.41, 5.74) is 2.75. The van der Waals surface area contributed by atoms with Crippen LogP contribution in [0, 0.1) is 0 Å². The Morgan fingerprint density at radius 2 is 1.14 bits per heavy atom. The zero-order chi connectivity index (χ0) is 16.6. The highest BCUT2D eigenvalue weighted by Gasteiger charge is 2.31. The first-order chi connectivity index (χ1) is 9.36. The molecule has 0 fully saturated rings. The van der Waals surface area contributed by atoms with E-state index >= 15 is 0 Å². The van der Waals surface area contributed by atoms with Gasteiger partial charge in [-0.25, -0.2) is 0 Å². The first kappa shape index (κ1) is 18.7. The second-order valence-corrected chi connectivity index (χ2v) is 9.01. The normalized spacial score (nSPS) is 13.6. The summed E-state index contributed by atoms with van der Waals surface area (Å²) in [6.07, 6.45) is 0. The summed E-state index contributed by atoms with van der Waals surface area (Å²) in [5.74, 6) is 0. The Bertz CT molecular complexity index is 473. The van der Waals surface area contributed by atoms with Gasteiger partial charge in [0.2, 0.25) is 0 Å². The van der Waals surface area contributed by atoms with Crippen LogP contribution in [-0.2, 0) is 16.2 Å². The Labute approximate surface area is 137 Å². The van der Waals surface area contributed by atoms with E-state index in [2.05, 4.69) is 48.8 Å². The molecular formula is C18H29BrO2. The molecule has 2 nitrogen and oxygen atoms in total. The van der Waals surface area contributed by atoms with Crippen molar-refractivity contribution < 1.29 is 10.2 Å². The van der Waals surface area contributed by atoms with Gasteiger partial charge in [-0.3, -0.25) is 0 Å². The monoisotopic (exact) mass is 356 g/mol. The van der Waals surface area contributed by atoms with Crippen LogP contribution in [0.3, 0.4) is 0 Å². The fourth-order valence-corrected chi connectivity index (χ4v) is 3.52. The fourth-order valence-electron chi connectivity index (χ4n) is 2.21. The predicted octanol–water partition coefficient (Wildman–Crippen LogP) is 4.29. The van der Waals surface area contributed by atoms with Gasteiger partial charge in [0.05, 0.1) is 13.2 Å². The maximum Gasteiger partial charge on any atom is 0.0523 e. The van der Waals surface area contributed by atoms with Crippen LogP contribution in [0.25, 0.3) is 0 Å². The highest BCUT2D eigenvalue weighted by Crippen LogP contribution is 2.41. The van der Waals surface area contributed by atoms with Crippen molar-refractivity contribution in [2.45, 2.75) is 64.7 Å². The molecular weight excluding hydrogens is 328 g/mol. The summed E-state index contributed by atoms with van der Waals surface area (Å²) >= 11 is 3.71. The first-order valence-corrected chi connectivity index (χ1v) is 8.23. The molecule has 0 heterocycles. The fraction of sp³-hybridized carbons (Fsp3) is 0.667. The van der Waals surface area contributed by atoms with Crippen LogP contribution in [0.15, 0.2) is 16.6 Å². The summed E-state index contributed by atoms with van der Waals surface area (Å²) < 4.78 is 0.994. The summed E-state index contributed by atoms with van der Waals surface area (Å²) in [5, 5.41) is 19.5. The Hall–Kier alpha value is -0.380. The summed E-state index contributed by atoms with van der Waals surface area (Å²) in [4.78, 5) is 0. The van der Waals surface area contributed by atoms with Gasteiger partial charge in [0.15, 0.2) is 0 Å². The van der Waals surface area contributed by atoms with Crippen molar-refractivity contribution in [3.05, 3.63) is 33.3 Å². The van der Waals surface area contributed by atoms with Gasteiger partial charge in [-0.1, -0.05) is 76.5 Å². The minimum Gasteiger partial charge on any atom is -0.395 e. The lowest BCUT2D eigenvalue weighted by molar-refractivity contribution is 0.212. The van der Waals surface area contributed by atoms with Crippen molar-refractivity contribution in [2.75, 3.05) is 13.2 Å². The molecule has 0 amide bonds. The molecule has 0 saturated carbocycles. The minimum atomic E-state index is -0.333. The number of rotatable bonds is 4. The largest absolute Gasteiger partial charge is 0.395 e. The molecule has 1 aromatic carbocycles. The highest BCUT2D eigenvalue weighted by molar-refractivity contribution is 9.10. The summed E-state index contributed by atoms with van der Waals surface area (Å²) in [6, 6.07) is 4.36. The highest BCUT2D eigenvalue weighted by atomic mass is 79.9. The molecule has 2 N–H and O–H groups in total. The van der Waals surface area contributed by atoms with Gasteiger partial charge in [-0.15, -0.1) is 0 Å². The van der Waals surface area contributed by atoms with Crippen molar-refractivity contribution in [3.8, 4) is 0 Å². The van der Waals surface area contributed by atoms with E-state index in [0.717, 1.165) is 15.6 Å². The van der Waals surface area contributed by atoms with Gasteiger partial charge in [-0.2, -0.15) is 0 Å². The van der Waals surface area contributed by atoms with Crippen molar-refractivity contribution in [1.82, 2.24) is 0 Å². The topological polar surface area (TPSA) is 40.5 Å². The number of hydrogen-bond donors (Lipinski definition) is 2. The van der Waals surface area contributed by atoms with E-state index in [4.69, 9.17) is 0 Å². The Morgan fingerprint density at radius 1 is 0.810 bits per heavy atom. The molecule has 0 aliphatic rings. The molecule has 3 heteroatoms. The van der Waals surface area contributed by atoms with Crippen molar-refractivity contribution in [1.29, 1.82) is 0 Å². The molecule has 0 spiro atoms. The molecule has 0 aromatic heterocycles. The third kappa shape index (κ3) is 3.88. The van der Waals surface area contributed by atoms with Crippen LogP contribution >= 0.6 is 15.9 Å². The SMILES string of the molecule is CC(C)(C)c1cc(C(C)(C)CO)c(Br)c(C(C)(C)CO)c1. The minimum absolute atomic E-state index is 0.0152. The van der Waals surface area contributed by atoms with Crippen LogP contribution in [0.1, 0.15) is 65.2 Å². The van der Waals surface area contributed by atoms with Crippen molar-refractivity contribution >= 4 is 15.9 Å². The van der Waals surface area contributed by atoms with Crippen LogP contribution < -0.4 is 0 Å². The average Bonchev–Trinajstić information content (AvgIpc) is 2.37. The van der Waals surface area contributed by atoms with Gasteiger partial charge < -0.3 is 10.2 Å². The maximum absolute atomic E-state index is 9.75. The van der Waals surface area contributed by atoms with Crippen LogP contribution in [0.4, 0.5) is 0 Å². The third-order valence-corrected chi connectivity index (χ3v) is 5.04. The lowest BCUT2D eigenvalue weighted by Gasteiger charge is -2.33. The number of aliphatic hydroxyl groups excluding tert-OH is 2. The molecule has 0 radical (unpaired) electrons. The standard InChI is InChI=1S/C18H29BrO2/c1-16(2,3)12-8-13(17(4,5)10-20)15(19)14(9-12)18(6,7)11-21/h8-9,20-21H,10-11H2,1-7H3. The van der Waals surface area contributed by atoms with E-state index < -0.39 is 0 Å². The molecule has 0 unspecified atom stereocenters. The summed E-state index contributed by atoms with van der Waals surface area (Å²) in [6.45, 7) is 14.9. The predicted molar refractivity (Wildman–Crippen MR) is 93.1 cm³/mol. The van der Waals surface area contributed by atoms with E-state index in [9.17, 15) is 10.2 Å². The van der Waals surface area contributed by atoms with E-state index in [0.29, 0.717) is 0 Å². The molecule has 0 aliphatic heterocycles. The average molecular weight is 357 g/mol. The molecule has 21 heavy (non-hydrogen) atoms. The number of hydrogen-bond acceptors (Lipinski definition) is 2. The van der Waals surface area contributed by atoms with Gasteiger partial charge in [-0.05, 0) is 22.1 Å². The van der Waals surface area contributed by atoms with E-state index in [1.807, 2.05) is 27.7 Å². The second kappa shape index (κ2) is 6.02. The molecule has 0 aliphatic carbocycles. The molecule has 1 rings (SSSR count). The van der Waals surface area contributed by atoms with E-state index in [-0.39, 0.29) is 29.5 Å². The molecule has 0 bridgehead atoms. The molecule has 0 saturated heterocycles. The third-order valence-electron chi connectivity index (χ3n) is 4.19. The van der Waals surface area contributed by atoms with Crippen molar-refractivity contribution in [2.24, 2.45) is 0 Å². The smallest absolute Gasteiger partial charge is 0.0523 e. The van der Waals surface area contributed by atoms with Gasteiger partial charge in [0, 0.05) is 15.3 Å². The lowest BCUT2D eigenvalue weighted by atomic mass is 9.75. The van der Waals surface area contributed by atoms with Gasteiger partial charge >= 0.3 is 0 Å². The summed E-state index contributed by atoms with van der Waals surface area (Å²) in [7, 11) is 0. The van der Waals surface area contributed by atoms with E-state index in [1.165, 1.54) is 5.56 Å². The Balaban J connectivity index is 3.71. The van der Waals surface area contributed by atoms with Crippen LogP contribution in [0.5, 0.6) is 0 Å². The maximum atomic E-state index is 9.75. The second-order valence-electron chi connectivity index (χ2n) is 8.22. The van der Waals surface area contributed by atoms with Gasteiger partial charge in [0.25, 0.3) is 0 Å².